The lowest BCUT2D eigenvalue weighted by atomic mass is 10.2. The topological polar surface area (TPSA) is 59.9 Å². The molecule has 0 atom stereocenters. The Morgan fingerprint density at radius 2 is 1.95 bits per heavy atom. The number of aromatic nitrogens is 3. The van der Waals surface area contributed by atoms with Gasteiger partial charge in [0, 0.05) is 12.1 Å². The Labute approximate surface area is 121 Å². The van der Waals surface area contributed by atoms with Crippen LogP contribution >= 0.6 is 23.2 Å². The summed E-state index contributed by atoms with van der Waals surface area (Å²) in [5.41, 5.74) is 0.745. The minimum Gasteiger partial charge on any atom is -0.467 e. The van der Waals surface area contributed by atoms with Gasteiger partial charge in [-0.05, 0) is 25.1 Å². The van der Waals surface area contributed by atoms with E-state index >= 15 is 0 Å². The van der Waals surface area contributed by atoms with Crippen LogP contribution in [0.25, 0.3) is 11.4 Å². The van der Waals surface area contributed by atoms with E-state index in [0.717, 1.165) is 5.56 Å². The molecule has 0 radical (unpaired) electrons. The second-order valence-corrected chi connectivity index (χ2v) is 4.44. The van der Waals surface area contributed by atoms with Crippen molar-refractivity contribution in [2.24, 2.45) is 0 Å². The molecule has 2 rings (SSSR count). The minimum atomic E-state index is 0.243. The predicted molar refractivity (Wildman–Crippen MR) is 76.0 cm³/mol. The average molecular weight is 299 g/mol. The molecular formula is C12H12Cl2N4O. The van der Waals surface area contributed by atoms with E-state index in [-0.39, 0.29) is 6.01 Å². The first-order valence-corrected chi connectivity index (χ1v) is 6.39. The summed E-state index contributed by atoms with van der Waals surface area (Å²) in [4.78, 5) is 12.6. The summed E-state index contributed by atoms with van der Waals surface area (Å²) in [6, 6.07) is 5.43. The molecule has 0 saturated carbocycles. The van der Waals surface area contributed by atoms with Crippen molar-refractivity contribution in [3.63, 3.8) is 0 Å². The quantitative estimate of drug-likeness (QED) is 0.938. The molecule has 2 aromatic rings. The van der Waals surface area contributed by atoms with Gasteiger partial charge in [-0.3, -0.25) is 0 Å². The van der Waals surface area contributed by atoms with Crippen molar-refractivity contribution in [3.05, 3.63) is 28.2 Å². The summed E-state index contributed by atoms with van der Waals surface area (Å²) in [6.45, 7) is 2.66. The zero-order chi connectivity index (χ0) is 13.8. The van der Waals surface area contributed by atoms with E-state index < -0.39 is 0 Å². The Balaban J connectivity index is 2.47. The Morgan fingerprint density at radius 3 is 2.58 bits per heavy atom. The first kappa shape index (κ1) is 13.8. The predicted octanol–water partition coefficient (Wildman–Crippen LogP) is 3.29. The van der Waals surface area contributed by atoms with Crippen molar-refractivity contribution < 1.29 is 4.74 Å². The van der Waals surface area contributed by atoms with E-state index in [1.165, 1.54) is 7.11 Å². The van der Waals surface area contributed by atoms with Gasteiger partial charge in [-0.15, -0.1) is 0 Å². The number of halogens is 2. The van der Waals surface area contributed by atoms with Crippen LogP contribution < -0.4 is 10.1 Å². The highest BCUT2D eigenvalue weighted by Gasteiger charge is 2.10. The average Bonchev–Trinajstić information content (AvgIpc) is 2.42. The molecule has 1 heterocycles. The smallest absolute Gasteiger partial charge is 0.321 e. The number of methoxy groups -OCH3 is 1. The van der Waals surface area contributed by atoms with E-state index in [1.54, 1.807) is 18.2 Å². The maximum atomic E-state index is 5.99. The van der Waals surface area contributed by atoms with Gasteiger partial charge in [0.25, 0.3) is 0 Å². The van der Waals surface area contributed by atoms with Gasteiger partial charge >= 0.3 is 6.01 Å². The first-order chi connectivity index (χ1) is 9.13. The van der Waals surface area contributed by atoms with Gasteiger partial charge in [0.1, 0.15) is 0 Å². The molecule has 1 N–H and O–H groups in total. The molecule has 0 aliphatic rings. The number of benzene rings is 1. The molecule has 0 bridgehead atoms. The third-order valence-corrected chi connectivity index (χ3v) is 3.05. The zero-order valence-electron chi connectivity index (χ0n) is 10.4. The van der Waals surface area contributed by atoms with E-state index in [4.69, 9.17) is 27.9 Å². The van der Waals surface area contributed by atoms with Crippen LogP contribution in [0.2, 0.25) is 10.0 Å². The Morgan fingerprint density at radius 1 is 1.16 bits per heavy atom. The largest absolute Gasteiger partial charge is 0.467 e. The summed E-state index contributed by atoms with van der Waals surface area (Å²) >= 11 is 11.9. The number of hydrogen-bond acceptors (Lipinski definition) is 5. The van der Waals surface area contributed by atoms with Crippen molar-refractivity contribution >= 4 is 29.2 Å². The molecule has 7 heteroatoms. The maximum absolute atomic E-state index is 5.99. The molecule has 0 amide bonds. The molecular weight excluding hydrogens is 287 g/mol. The molecule has 1 aromatic carbocycles. The molecule has 0 aliphatic heterocycles. The van der Waals surface area contributed by atoms with Crippen LogP contribution in [0.1, 0.15) is 6.92 Å². The lowest BCUT2D eigenvalue weighted by Gasteiger charge is -2.07. The lowest BCUT2D eigenvalue weighted by Crippen LogP contribution is -2.06. The number of anilines is 1. The Kier molecular flexibility index (Phi) is 4.39. The van der Waals surface area contributed by atoms with Crippen LogP contribution in [0, 0.1) is 0 Å². The van der Waals surface area contributed by atoms with Crippen molar-refractivity contribution in [2.45, 2.75) is 6.92 Å². The van der Waals surface area contributed by atoms with Gasteiger partial charge in [-0.2, -0.15) is 15.0 Å². The van der Waals surface area contributed by atoms with Crippen LogP contribution in [0.4, 0.5) is 5.95 Å². The molecule has 0 spiro atoms. The highest BCUT2D eigenvalue weighted by molar-refractivity contribution is 6.42. The van der Waals surface area contributed by atoms with Crippen LogP contribution in [0.15, 0.2) is 18.2 Å². The van der Waals surface area contributed by atoms with Gasteiger partial charge in [0.05, 0.1) is 17.2 Å². The van der Waals surface area contributed by atoms with Gasteiger partial charge in [-0.1, -0.05) is 23.2 Å². The highest BCUT2D eigenvalue weighted by atomic mass is 35.5. The Hall–Kier alpha value is -1.59. The summed E-state index contributed by atoms with van der Waals surface area (Å²) in [5.74, 6) is 0.928. The number of nitrogens with zero attached hydrogens (tertiary/aromatic N) is 3. The van der Waals surface area contributed by atoms with Gasteiger partial charge in [0.2, 0.25) is 5.95 Å². The van der Waals surface area contributed by atoms with Gasteiger partial charge in [0.15, 0.2) is 5.82 Å². The zero-order valence-corrected chi connectivity index (χ0v) is 12.0. The van der Waals surface area contributed by atoms with Crippen LogP contribution in [0.5, 0.6) is 6.01 Å². The van der Waals surface area contributed by atoms with E-state index in [1.807, 2.05) is 6.92 Å². The molecule has 19 heavy (non-hydrogen) atoms. The van der Waals surface area contributed by atoms with Crippen molar-refractivity contribution in [3.8, 4) is 17.4 Å². The summed E-state index contributed by atoms with van der Waals surface area (Å²) in [7, 11) is 1.50. The second-order valence-electron chi connectivity index (χ2n) is 3.63. The summed E-state index contributed by atoms with van der Waals surface area (Å²) in [5, 5.41) is 3.95. The van der Waals surface area contributed by atoms with Crippen LogP contribution in [-0.2, 0) is 0 Å². The molecule has 100 valence electrons. The molecule has 1 aromatic heterocycles. The van der Waals surface area contributed by atoms with Crippen LogP contribution in [-0.4, -0.2) is 28.6 Å². The fourth-order valence-corrected chi connectivity index (χ4v) is 1.75. The van der Waals surface area contributed by atoms with E-state index in [9.17, 15) is 0 Å². The van der Waals surface area contributed by atoms with Gasteiger partial charge in [-0.25, -0.2) is 0 Å². The molecule has 0 saturated heterocycles. The molecule has 0 aliphatic carbocycles. The summed E-state index contributed by atoms with van der Waals surface area (Å²) < 4.78 is 5.06. The fraction of sp³-hybridized carbons (Fsp3) is 0.250. The summed E-state index contributed by atoms with van der Waals surface area (Å²) in [6.07, 6.45) is 0. The molecule has 5 nitrogen and oxygen atoms in total. The highest BCUT2D eigenvalue weighted by Crippen LogP contribution is 2.27. The standard InChI is InChI=1S/C12H12Cl2N4O/c1-3-15-11-16-10(17-12(18-11)19-2)7-4-5-8(13)9(14)6-7/h4-6H,3H2,1-2H3,(H,15,16,17,18). The number of nitrogens with one attached hydrogen (secondary N) is 1. The molecule has 0 unspecified atom stereocenters. The SMILES string of the molecule is CCNc1nc(OC)nc(-c2ccc(Cl)c(Cl)c2)n1. The minimum absolute atomic E-state index is 0.243. The fourth-order valence-electron chi connectivity index (χ4n) is 1.45. The van der Waals surface area contributed by atoms with Crippen molar-refractivity contribution in [1.82, 2.24) is 15.0 Å². The first-order valence-electron chi connectivity index (χ1n) is 5.63. The normalized spacial score (nSPS) is 10.3. The monoisotopic (exact) mass is 298 g/mol. The van der Waals surface area contributed by atoms with E-state index in [2.05, 4.69) is 20.3 Å². The van der Waals surface area contributed by atoms with Crippen molar-refractivity contribution in [1.29, 1.82) is 0 Å². The second kappa shape index (κ2) is 6.04. The van der Waals surface area contributed by atoms with Crippen LogP contribution in [0.3, 0.4) is 0 Å². The number of ether oxygens (including phenoxy) is 1. The van der Waals surface area contributed by atoms with Crippen molar-refractivity contribution in [2.75, 3.05) is 19.0 Å². The number of hydrogen-bond donors (Lipinski definition) is 1. The third-order valence-electron chi connectivity index (χ3n) is 2.31. The Bertz CT molecular complexity index is 592. The maximum Gasteiger partial charge on any atom is 0.321 e. The lowest BCUT2D eigenvalue weighted by molar-refractivity contribution is 0.379. The van der Waals surface area contributed by atoms with E-state index in [0.29, 0.717) is 28.4 Å². The molecule has 0 fully saturated rings. The van der Waals surface area contributed by atoms with Gasteiger partial charge < -0.3 is 10.1 Å². The third kappa shape index (κ3) is 3.24. The number of rotatable bonds is 4.